The first-order chi connectivity index (χ1) is 7.63. The minimum Gasteiger partial charge on any atom is -0.413 e. The second-order valence-corrected chi connectivity index (χ2v) is 11.4. The monoisotopic (exact) mass is 270 g/mol. The molecule has 0 N–H and O–H groups in total. The number of halogens is 1. The maximum absolute atomic E-state index is 6.20. The Balaban J connectivity index is 2.77. The van der Waals surface area contributed by atoms with Crippen molar-refractivity contribution in [1.29, 1.82) is 0 Å². The quantitative estimate of drug-likeness (QED) is 0.689. The summed E-state index contributed by atoms with van der Waals surface area (Å²) in [5.41, 5.74) is 2.44. The first-order valence-electron chi connectivity index (χ1n) is 6.02. The number of aryl methyl sites for hydroxylation is 1. The van der Waals surface area contributed by atoms with E-state index in [9.17, 15) is 0 Å². The molecule has 0 aliphatic rings. The third-order valence-corrected chi connectivity index (χ3v) is 8.42. The molecule has 17 heavy (non-hydrogen) atoms. The van der Waals surface area contributed by atoms with Crippen LogP contribution in [0.3, 0.4) is 0 Å². The minimum absolute atomic E-state index is 0.249. The van der Waals surface area contributed by atoms with Gasteiger partial charge in [0.2, 0.25) is 0 Å². The summed E-state index contributed by atoms with van der Waals surface area (Å²) in [6, 6.07) is 5.98. The first-order valence-corrected chi connectivity index (χ1v) is 9.31. The van der Waals surface area contributed by atoms with Crippen LogP contribution in [0.4, 0.5) is 0 Å². The van der Waals surface area contributed by atoms with Gasteiger partial charge in [-0.15, -0.1) is 0 Å². The summed E-state index contributed by atoms with van der Waals surface area (Å²) in [7, 11) is -1.67. The molecule has 0 unspecified atom stereocenters. The van der Waals surface area contributed by atoms with Gasteiger partial charge in [0.1, 0.15) is 0 Å². The molecular formula is C14H23ClOSi. The van der Waals surface area contributed by atoms with Crippen molar-refractivity contribution in [2.75, 3.05) is 0 Å². The zero-order valence-electron chi connectivity index (χ0n) is 11.7. The molecule has 96 valence electrons. The van der Waals surface area contributed by atoms with Gasteiger partial charge >= 0.3 is 0 Å². The largest absolute Gasteiger partial charge is 0.413 e. The van der Waals surface area contributed by atoms with E-state index in [1.165, 1.54) is 11.1 Å². The van der Waals surface area contributed by atoms with E-state index in [1.807, 2.05) is 18.2 Å². The van der Waals surface area contributed by atoms with E-state index in [1.54, 1.807) is 0 Å². The van der Waals surface area contributed by atoms with Gasteiger partial charge in [-0.3, -0.25) is 0 Å². The van der Waals surface area contributed by atoms with Crippen LogP contribution in [0.25, 0.3) is 0 Å². The van der Waals surface area contributed by atoms with Crippen LogP contribution in [0.15, 0.2) is 18.2 Å². The maximum atomic E-state index is 6.20. The first kappa shape index (κ1) is 14.7. The molecule has 1 aromatic rings. The summed E-state index contributed by atoms with van der Waals surface area (Å²) in [5.74, 6) is 0. The molecule has 1 rings (SSSR count). The Morgan fingerprint density at radius 3 is 2.35 bits per heavy atom. The van der Waals surface area contributed by atoms with Crippen molar-refractivity contribution in [2.45, 2.75) is 52.4 Å². The average molecular weight is 271 g/mol. The van der Waals surface area contributed by atoms with Crippen LogP contribution >= 0.6 is 11.6 Å². The lowest BCUT2D eigenvalue weighted by Gasteiger charge is -2.36. The van der Waals surface area contributed by atoms with E-state index in [2.05, 4.69) is 40.8 Å². The molecule has 0 aliphatic carbocycles. The predicted molar refractivity (Wildman–Crippen MR) is 78.2 cm³/mol. The zero-order chi connectivity index (χ0) is 13.3. The molecule has 0 atom stereocenters. The lowest BCUT2D eigenvalue weighted by molar-refractivity contribution is 0.275. The Morgan fingerprint density at radius 2 is 1.82 bits per heavy atom. The van der Waals surface area contributed by atoms with E-state index in [4.69, 9.17) is 16.0 Å². The number of benzene rings is 1. The molecule has 0 saturated heterocycles. The second-order valence-electron chi connectivity index (χ2n) is 6.12. The summed E-state index contributed by atoms with van der Waals surface area (Å²) in [4.78, 5) is 0. The van der Waals surface area contributed by atoms with E-state index in [0.29, 0.717) is 6.61 Å². The molecule has 1 aromatic carbocycles. The fraction of sp³-hybridized carbons (Fsp3) is 0.571. The molecule has 0 amide bonds. The van der Waals surface area contributed by atoms with Gasteiger partial charge < -0.3 is 4.43 Å². The van der Waals surface area contributed by atoms with Gasteiger partial charge in [-0.1, -0.05) is 38.4 Å². The van der Waals surface area contributed by atoms with Crippen molar-refractivity contribution >= 4 is 19.9 Å². The topological polar surface area (TPSA) is 9.23 Å². The lowest BCUT2D eigenvalue weighted by atomic mass is 10.1. The highest BCUT2D eigenvalue weighted by molar-refractivity contribution is 6.74. The second kappa shape index (κ2) is 5.13. The van der Waals surface area contributed by atoms with Crippen molar-refractivity contribution < 1.29 is 4.43 Å². The van der Waals surface area contributed by atoms with Crippen LogP contribution in [-0.4, -0.2) is 8.32 Å². The third kappa shape index (κ3) is 3.83. The molecule has 0 aliphatic heterocycles. The van der Waals surface area contributed by atoms with E-state index >= 15 is 0 Å². The third-order valence-electron chi connectivity index (χ3n) is 3.71. The molecule has 0 saturated carbocycles. The highest BCUT2D eigenvalue weighted by Crippen LogP contribution is 2.37. The fourth-order valence-corrected chi connectivity index (χ4v) is 2.41. The highest BCUT2D eigenvalue weighted by atomic mass is 35.5. The molecule has 1 nitrogen and oxygen atoms in total. The standard InChI is InChI=1S/C14H23ClOSi/c1-11-7-8-13(15)9-12(11)10-16-17(5,6)14(2,3)4/h7-9H,10H2,1-6H3. The van der Waals surface area contributed by atoms with Gasteiger partial charge in [0, 0.05) is 5.02 Å². The van der Waals surface area contributed by atoms with E-state index < -0.39 is 8.32 Å². The molecule has 0 heterocycles. The number of hydrogen-bond donors (Lipinski definition) is 0. The van der Waals surface area contributed by atoms with Crippen molar-refractivity contribution in [3.05, 3.63) is 34.3 Å². The van der Waals surface area contributed by atoms with Crippen LogP contribution < -0.4 is 0 Å². The van der Waals surface area contributed by atoms with Gasteiger partial charge in [0.15, 0.2) is 8.32 Å². The van der Waals surface area contributed by atoms with Gasteiger partial charge in [-0.2, -0.15) is 0 Å². The molecule has 0 aromatic heterocycles. The molecule has 0 spiro atoms. The number of rotatable bonds is 3. The van der Waals surface area contributed by atoms with Crippen molar-refractivity contribution in [1.82, 2.24) is 0 Å². The van der Waals surface area contributed by atoms with Crippen molar-refractivity contribution in [3.63, 3.8) is 0 Å². The van der Waals surface area contributed by atoms with Crippen LogP contribution in [0.5, 0.6) is 0 Å². The summed E-state index contributed by atoms with van der Waals surface area (Å²) in [6.45, 7) is 14.1. The number of hydrogen-bond acceptors (Lipinski definition) is 1. The predicted octanol–water partition coefficient (Wildman–Crippen LogP) is 5.17. The average Bonchev–Trinajstić information content (AvgIpc) is 2.18. The fourth-order valence-electron chi connectivity index (χ4n) is 1.27. The molecular weight excluding hydrogens is 248 g/mol. The van der Waals surface area contributed by atoms with E-state index in [-0.39, 0.29) is 5.04 Å². The summed E-state index contributed by atoms with van der Waals surface area (Å²) >= 11 is 6.01. The van der Waals surface area contributed by atoms with Gasteiger partial charge in [0.05, 0.1) is 6.61 Å². The minimum atomic E-state index is -1.67. The smallest absolute Gasteiger partial charge is 0.192 e. The zero-order valence-corrected chi connectivity index (χ0v) is 13.5. The van der Waals surface area contributed by atoms with Gasteiger partial charge in [-0.25, -0.2) is 0 Å². The van der Waals surface area contributed by atoms with Crippen LogP contribution in [0, 0.1) is 6.92 Å². The normalized spacial score (nSPS) is 12.9. The van der Waals surface area contributed by atoms with Crippen LogP contribution in [-0.2, 0) is 11.0 Å². The Morgan fingerprint density at radius 1 is 1.24 bits per heavy atom. The van der Waals surface area contributed by atoms with Gasteiger partial charge in [-0.05, 0) is 48.3 Å². The summed E-state index contributed by atoms with van der Waals surface area (Å²) < 4.78 is 6.20. The van der Waals surface area contributed by atoms with Crippen molar-refractivity contribution in [2.24, 2.45) is 0 Å². The SMILES string of the molecule is Cc1ccc(Cl)cc1CO[Si](C)(C)C(C)(C)C. The van der Waals surface area contributed by atoms with E-state index in [0.717, 1.165) is 5.02 Å². The van der Waals surface area contributed by atoms with Gasteiger partial charge in [0.25, 0.3) is 0 Å². The van der Waals surface area contributed by atoms with Crippen molar-refractivity contribution in [3.8, 4) is 0 Å². The Hall–Kier alpha value is -0.313. The summed E-state index contributed by atoms with van der Waals surface area (Å²) in [5, 5.41) is 1.03. The van der Waals surface area contributed by atoms with Crippen LogP contribution in [0.2, 0.25) is 23.2 Å². The Kier molecular flexibility index (Phi) is 4.45. The Bertz CT molecular complexity index is 394. The lowest BCUT2D eigenvalue weighted by Crippen LogP contribution is -2.40. The Labute approximate surface area is 111 Å². The van der Waals surface area contributed by atoms with Crippen LogP contribution in [0.1, 0.15) is 31.9 Å². The maximum Gasteiger partial charge on any atom is 0.192 e. The highest BCUT2D eigenvalue weighted by Gasteiger charge is 2.37. The molecule has 0 radical (unpaired) electrons. The molecule has 0 bridgehead atoms. The summed E-state index contributed by atoms with van der Waals surface area (Å²) in [6.07, 6.45) is 0. The molecule has 3 heteroatoms. The molecule has 0 fully saturated rings.